The van der Waals surface area contributed by atoms with Crippen LogP contribution in [0.5, 0.6) is 0 Å². The molecule has 0 saturated carbocycles. The van der Waals surface area contributed by atoms with Crippen LogP contribution in [0.15, 0.2) is 48.5 Å². The molecule has 0 unspecified atom stereocenters. The van der Waals surface area contributed by atoms with E-state index in [1.165, 1.54) is 11.1 Å². The molecule has 0 aliphatic carbocycles. The van der Waals surface area contributed by atoms with Crippen LogP contribution in [-0.2, 0) is 6.54 Å². The summed E-state index contributed by atoms with van der Waals surface area (Å²) in [5.41, 5.74) is 2.70. The predicted molar refractivity (Wildman–Crippen MR) is 128 cm³/mol. The number of amides is 1. The van der Waals surface area contributed by atoms with E-state index >= 15 is 0 Å². The molecule has 4 nitrogen and oxygen atoms in total. The van der Waals surface area contributed by atoms with Crippen molar-refractivity contribution >= 4 is 40.8 Å². The van der Waals surface area contributed by atoms with Crippen LogP contribution >= 0.6 is 11.3 Å². The van der Waals surface area contributed by atoms with Crippen molar-refractivity contribution in [1.29, 1.82) is 0 Å². The van der Waals surface area contributed by atoms with Crippen LogP contribution in [0.1, 0.15) is 39.6 Å². The van der Waals surface area contributed by atoms with Crippen molar-refractivity contribution in [3.63, 3.8) is 0 Å². The molecule has 2 N–H and O–H groups in total. The van der Waals surface area contributed by atoms with Crippen molar-refractivity contribution in [2.24, 2.45) is 0 Å². The maximum absolute atomic E-state index is 13.2. The molecule has 1 amide bonds. The molecule has 2 heterocycles. The first-order valence-corrected chi connectivity index (χ1v) is 14.4. The first-order chi connectivity index (χ1) is 14.4. The van der Waals surface area contributed by atoms with E-state index in [0.29, 0.717) is 5.92 Å². The fourth-order valence-electron chi connectivity index (χ4n) is 4.43. The zero-order valence-electron chi connectivity index (χ0n) is 17.9. The van der Waals surface area contributed by atoms with Crippen LogP contribution in [0.2, 0.25) is 13.1 Å². The predicted octanol–water partition coefficient (Wildman–Crippen LogP) is 4.04. The molecule has 0 bridgehead atoms. The van der Waals surface area contributed by atoms with Crippen molar-refractivity contribution in [2.75, 3.05) is 20.1 Å². The van der Waals surface area contributed by atoms with Crippen LogP contribution in [0.25, 0.3) is 10.1 Å². The van der Waals surface area contributed by atoms with E-state index in [2.05, 4.69) is 29.6 Å². The summed E-state index contributed by atoms with van der Waals surface area (Å²) in [6, 6.07) is 16.8. The Balaban J connectivity index is 1.48. The number of nitrogens with one attached hydrogen (secondary N) is 1. The molecule has 3 aromatic rings. The molecule has 0 radical (unpaired) electrons. The maximum Gasteiger partial charge on any atom is 0.263 e. The molecular weight excluding hydrogens is 408 g/mol. The van der Waals surface area contributed by atoms with E-state index < -0.39 is 8.32 Å². The highest BCUT2D eigenvalue weighted by Crippen LogP contribution is 2.31. The molecule has 0 spiro atoms. The second-order valence-electron chi connectivity index (χ2n) is 8.73. The number of carbonyl (C=O) groups is 1. The second-order valence-corrected chi connectivity index (χ2v) is 13.5. The molecule has 1 saturated heterocycles. The van der Waals surface area contributed by atoms with Gasteiger partial charge in [0.1, 0.15) is 0 Å². The minimum Gasteiger partial charge on any atom is -0.428 e. The molecular formula is C24H30N2O2SSi. The number of rotatable bonds is 5. The monoisotopic (exact) mass is 438 g/mol. The molecule has 1 aromatic heterocycles. The van der Waals surface area contributed by atoms with E-state index in [9.17, 15) is 9.59 Å². The Kier molecular flexibility index (Phi) is 6.11. The third kappa shape index (κ3) is 4.37. The lowest BCUT2D eigenvalue weighted by Gasteiger charge is -2.32. The first kappa shape index (κ1) is 21.2. The average molecular weight is 439 g/mol. The normalized spacial score (nSPS) is 15.7. The van der Waals surface area contributed by atoms with E-state index in [1.54, 1.807) is 11.3 Å². The van der Waals surface area contributed by atoms with Gasteiger partial charge in [-0.2, -0.15) is 0 Å². The summed E-state index contributed by atoms with van der Waals surface area (Å²) in [6.45, 7) is 6.32. The van der Waals surface area contributed by atoms with Crippen molar-refractivity contribution in [2.45, 2.75) is 38.4 Å². The largest absolute Gasteiger partial charge is 0.428 e. The van der Waals surface area contributed by atoms with Crippen LogP contribution in [0.4, 0.5) is 0 Å². The number of nitrogens with zero attached hydrogens (tertiary/aromatic N) is 1. The number of benzene rings is 2. The molecule has 1 fully saturated rings. The van der Waals surface area contributed by atoms with E-state index in [0.717, 1.165) is 52.6 Å². The van der Waals surface area contributed by atoms with Crippen molar-refractivity contribution in [3.05, 3.63) is 64.5 Å². The van der Waals surface area contributed by atoms with Gasteiger partial charge in [0.05, 0.1) is 4.88 Å². The summed E-state index contributed by atoms with van der Waals surface area (Å²) >= 11 is 1.55. The molecule has 30 heavy (non-hydrogen) atoms. The van der Waals surface area contributed by atoms with E-state index in [-0.39, 0.29) is 5.91 Å². The Hall–Kier alpha value is -1.99. The second kappa shape index (κ2) is 8.63. The van der Waals surface area contributed by atoms with Crippen molar-refractivity contribution in [3.8, 4) is 0 Å². The van der Waals surface area contributed by atoms with Gasteiger partial charge in [-0.1, -0.05) is 36.4 Å². The number of likely N-dealkylation sites (tertiary alicyclic amines) is 1. The molecule has 4 rings (SSSR count). The Morgan fingerprint density at radius 1 is 1.17 bits per heavy atom. The zero-order valence-corrected chi connectivity index (χ0v) is 19.8. The van der Waals surface area contributed by atoms with Crippen molar-refractivity contribution in [1.82, 2.24) is 10.2 Å². The van der Waals surface area contributed by atoms with Gasteiger partial charge in [-0.25, -0.2) is 0 Å². The molecule has 1 aliphatic heterocycles. The van der Waals surface area contributed by atoms with Gasteiger partial charge in [0.25, 0.3) is 5.91 Å². The lowest BCUT2D eigenvalue weighted by Crippen LogP contribution is -2.41. The topological polar surface area (TPSA) is 52.6 Å². The summed E-state index contributed by atoms with van der Waals surface area (Å²) < 4.78 is 1.08. The number of hydrogen-bond acceptors (Lipinski definition) is 4. The van der Waals surface area contributed by atoms with Gasteiger partial charge in [-0.05, 0) is 72.7 Å². The Morgan fingerprint density at radius 3 is 2.60 bits per heavy atom. The lowest BCUT2D eigenvalue weighted by atomic mass is 9.88. The van der Waals surface area contributed by atoms with Gasteiger partial charge >= 0.3 is 0 Å². The molecule has 158 valence electrons. The highest BCUT2D eigenvalue weighted by atomic mass is 32.1. The number of fused-ring (bicyclic) bond motifs is 1. The summed E-state index contributed by atoms with van der Waals surface area (Å²) in [5.74, 6) is 0.642. The van der Waals surface area contributed by atoms with Gasteiger partial charge in [-0.3, -0.25) is 4.79 Å². The summed E-state index contributed by atoms with van der Waals surface area (Å²) in [4.78, 5) is 26.6. The highest BCUT2D eigenvalue weighted by Gasteiger charge is 2.28. The fraction of sp³-hybridized carbons (Fsp3) is 0.375. The quantitative estimate of drug-likeness (QED) is 0.591. The number of hydrogen-bond donors (Lipinski definition) is 2. The highest BCUT2D eigenvalue weighted by molar-refractivity contribution is 7.21. The summed E-state index contributed by atoms with van der Waals surface area (Å²) in [5, 5.41) is 5.27. The Morgan fingerprint density at radius 2 is 1.90 bits per heavy atom. The summed E-state index contributed by atoms with van der Waals surface area (Å²) in [6.07, 6.45) is 2.00. The number of thiophene rings is 1. The van der Waals surface area contributed by atoms with Gasteiger partial charge in [-0.15, -0.1) is 11.3 Å². The van der Waals surface area contributed by atoms with Gasteiger partial charge in [0.15, 0.2) is 0 Å². The first-order valence-electron chi connectivity index (χ1n) is 10.6. The molecule has 6 heteroatoms. The minimum atomic E-state index is -2.44. The summed E-state index contributed by atoms with van der Waals surface area (Å²) in [7, 11) is -0.469. The fourth-order valence-corrected chi connectivity index (χ4v) is 6.95. The third-order valence-corrected chi connectivity index (χ3v) is 8.86. The van der Waals surface area contributed by atoms with Crippen LogP contribution in [0.3, 0.4) is 0 Å². The zero-order chi connectivity index (χ0) is 21.3. The number of carbonyl (C=O) groups excluding carboxylic acids is 1. The molecule has 2 aromatic carbocycles. The van der Waals surface area contributed by atoms with E-state index in [4.69, 9.17) is 0 Å². The Bertz CT molecular complexity index is 1050. The maximum atomic E-state index is 13.2. The third-order valence-electron chi connectivity index (χ3n) is 6.02. The van der Waals surface area contributed by atoms with Crippen molar-refractivity contribution < 1.29 is 9.59 Å². The Labute approximate surface area is 183 Å². The van der Waals surface area contributed by atoms with Gasteiger partial charge in [0, 0.05) is 24.3 Å². The minimum absolute atomic E-state index is 0.127. The number of piperidine rings is 1. The van der Waals surface area contributed by atoms with E-state index in [1.807, 2.05) is 49.3 Å². The van der Waals surface area contributed by atoms with Gasteiger partial charge < -0.3 is 15.0 Å². The van der Waals surface area contributed by atoms with Crippen LogP contribution < -0.4 is 10.5 Å². The van der Waals surface area contributed by atoms with Crippen LogP contribution in [0, 0.1) is 0 Å². The standard InChI is InChI=1S/C24H30N2O2SSi/c1-25-16-17-6-4-7-19(14-17)18-10-12-26(13-11-18)24(27)22-15-20-21(29-22)8-5-9-23(20)30(2,3)28/h4-9,14-15,18,25,28H,10-13,16H2,1-3H3. The average Bonchev–Trinajstić information content (AvgIpc) is 3.17. The molecule has 1 aliphatic rings. The van der Waals surface area contributed by atoms with Crippen LogP contribution in [-0.4, -0.2) is 44.1 Å². The molecule has 0 atom stereocenters. The SMILES string of the molecule is CNCc1cccc(C2CCN(C(=O)c3cc4c([Si](C)(C)O)cccc4s3)CC2)c1. The lowest BCUT2D eigenvalue weighted by molar-refractivity contribution is 0.0718. The van der Waals surface area contributed by atoms with Gasteiger partial charge in [0.2, 0.25) is 8.32 Å². The smallest absolute Gasteiger partial charge is 0.263 e.